The maximum Gasteiger partial charge on any atom is 0.0621 e. The predicted molar refractivity (Wildman–Crippen MR) is 59.1 cm³/mol. The van der Waals surface area contributed by atoms with E-state index in [2.05, 4.69) is 10.1 Å². The zero-order valence-corrected chi connectivity index (χ0v) is 8.94. The van der Waals surface area contributed by atoms with Crippen LogP contribution in [0.25, 0.3) is 11.1 Å². The molecule has 0 spiro atoms. The Hall–Kier alpha value is -1.68. The number of nitrogens with two attached hydrogens (primary N) is 1. The molecule has 2 aromatic rings. The zero-order valence-electron chi connectivity index (χ0n) is 8.94. The predicted octanol–water partition coefficient (Wildman–Crippen LogP) is 1.25. The van der Waals surface area contributed by atoms with Gasteiger partial charge in [0.05, 0.1) is 11.9 Å². The summed E-state index contributed by atoms with van der Waals surface area (Å²) in [6.45, 7) is 2.41. The van der Waals surface area contributed by atoms with Gasteiger partial charge in [0.25, 0.3) is 0 Å². The van der Waals surface area contributed by atoms with Crippen molar-refractivity contribution < 1.29 is 0 Å². The van der Waals surface area contributed by atoms with E-state index in [1.165, 1.54) is 0 Å². The van der Waals surface area contributed by atoms with E-state index in [0.717, 1.165) is 22.5 Å². The number of aryl methyl sites for hydroxylation is 2. The molecule has 0 saturated carbocycles. The van der Waals surface area contributed by atoms with Gasteiger partial charge in [-0.05, 0) is 13.0 Å². The number of hydrogen-bond acceptors (Lipinski definition) is 3. The Balaban J connectivity index is 2.52. The molecule has 15 heavy (non-hydrogen) atoms. The van der Waals surface area contributed by atoms with Gasteiger partial charge in [-0.1, -0.05) is 6.07 Å². The van der Waals surface area contributed by atoms with Crippen LogP contribution < -0.4 is 5.73 Å². The topological polar surface area (TPSA) is 56.7 Å². The number of pyridine rings is 1. The molecule has 2 aromatic heterocycles. The van der Waals surface area contributed by atoms with Crippen LogP contribution in [0, 0.1) is 6.92 Å². The Morgan fingerprint density at radius 1 is 1.40 bits per heavy atom. The fourth-order valence-corrected chi connectivity index (χ4v) is 1.59. The van der Waals surface area contributed by atoms with Crippen molar-refractivity contribution in [3.05, 3.63) is 35.9 Å². The minimum absolute atomic E-state index is 0.450. The molecule has 0 saturated heterocycles. The van der Waals surface area contributed by atoms with E-state index in [-0.39, 0.29) is 0 Å². The van der Waals surface area contributed by atoms with Crippen LogP contribution in [0.15, 0.2) is 24.5 Å². The van der Waals surface area contributed by atoms with E-state index in [0.29, 0.717) is 6.54 Å². The fraction of sp³-hybridized carbons (Fsp3) is 0.273. The van der Waals surface area contributed by atoms with Gasteiger partial charge in [0, 0.05) is 36.6 Å². The highest BCUT2D eigenvalue weighted by molar-refractivity contribution is 5.64. The molecule has 0 aliphatic rings. The summed E-state index contributed by atoms with van der Waals surface area (Å²) in [7, 11) is 1.90. The average Bonchev–Trinajstić information content (AvgIpc) is 2.64. The smallest absolute Gasteiger partial charge is 0.0621 e. The van der Waals surface area contributed by atoms with Crippen LogP contribution in [0.3, 0.4) is 0 Å². The second-order valence-electron chi connectivity index (χ2n) is 3.55. The molecule has 0 aliphatic heterocycles. The summed E-state index contributed by atoms with van der Waals surface area (Å²) >= 11 is 0. The number of nitrogens with zero attached hydrogens (tertiary/aromatic N) is 3. The van der Waals surface area contributed by atoms with Crippen molar-refractivity contribution in [3.8, 4) is 11.1 Å². The third kappa shape index (κ3) is 1.89. The second kappa shape index (κ2) is 3.82. The lowest BCUT2D eigenvalue weighted by Gasteiger charge is -2.05. The van der Waals surface area contributed by atoms with Crippen LogP contribution >= 0.6 is 0 Å². The molecular weight excluding hydrogens is 188 g/mol. The molecule has 0 amide bonds. The summed E-state index contributed by atoms with van der Waals surface area (Å²) in [6.07, 6.45) is 3.79. The van der Waals surface area contributed by atoms with Crippen LogP contribution in [0.5, 0.6) is 0 Å². The molecule has 0 atom stereocenters. The minimum Gasteiger partial charge on any atom is -0.325 e. The molecule has 78 valence electrons. The Morgan fingerprint density at radius 3 is 2.80 bits per heavy atom. The average molecular weight is 202 g/mol. The molecule has 0 fully saturated rings. The second-order valence-corrected chi connectivity index (χ2v) is 3.55. The molecule has 2 rings (SSSR count). The molecule has 4 heteroatoms. The fourth-order valence-electron chi connectivity index (χ4n) is 1.59. The number of aromatic nitrogens is 3. The summed E-state index contributed by atoms with van der Waals surface area (Å²) in [6, 6.07) is 4.03. The first-order valence-electron chi connectivity index (χ1n) is 4.86. The van der Waals surface area contributed by atoms with Gasteiger partial charge < -0.3 is 5.73 Å². The third-order valence-corrected chi connectivity index (χ3v) is 2.32. The molecule has 2 N–H and O–H groups in total. The van der Waals surface area contributed by atoms with Gasteiger partial charge in [-0.25, -0.2) is 0 Å². The summed E-state index contributed by atoms with van der Waals surface area (Å²) < 4.78 is 1.77. The van der Waals surface area contributed by atoms with E-state index in [4.69, 9.17) is 5.73 Å². The van der Waals surface area contributed by atoms with Gasteiger partial charge in [-0.2, -0.15) is 5.10 Å². The Bertz CT molecular complexity index is 473. The van der Waals surface area contributed by atoms with Crippen molar-refractivity contribution in [1.29, 1.82) is 0 Å². The quantitative estimate of drug-likeness (QED) is 0.797. The lowest BCUT2D eigenvalue weighted by atomic mass is 10.1. The Kier molecular flexibility index (Phi) is 2.51. The first-order valence-corrected chi connectivity index (χ1v) is 4.86. The lowest BCUT2D eigenvalue weighted by molar-refractivity contribution is 0.768. The van der Waals surface area contributed by atoms with E-state index in [1.807, 2.05) is 38.5 Å². The molecule has 0 unspecified atom stereocenters. The van der Waals surface area contributed by atoms with Crippen molar-refractivity contribution in [2.45, 2.75) is 13.5 Å². The highest BCUT2D eigenvalue weighted by Crippen LogP contribution is 2.21. The van der Waals surface area contributed by atoms with Crippen LogP contribution in [-0.2, 0) is 13.6 Å². The largest absolute Gasteiger partial charge is 0.325 e. The maximum absolute atomic E-state index is 5.67. The van der Waals surface area contributed by atoms with E-state index in [1.54, 1.807) is 4.68 Å². The summed E-state index contributed by atoms with van der Waals surface area (Å²) in [4.78, 5) is 4.42. The van der Waals surface area contributed by atoms with Gasteiger partial charge >= 0.3 is 0 Å². The number of rotatable bonds is 2. The summed E-state index contributed by atoms with van der Waals surface area (Å²) in [5.41, 5.74) is 9.71. The molecule has 0 aromatic carbocycles. The van der Waals surface area contributed by atoms with Crippen molar-refractivity contribution >= 4 is 0 Å². The van der Waals surface area contributed by atoms with Gasteiger partial charge in [0.2, 0.25) is 0 Å². The normalized spacial score (nSPS) is 10.6. The van der Waals surface area contributed by atoms with E-state index in [9.17, 15) is 0 Å². The monoisotopic (exact) mass is 202 g/mol. The highest BCUT2D eigenvalue weighted by Gasteiger charge is 2.06. The van der Waals surface area contributed by atoms with Gasteiger partial charge in [-0.15, -0.1) is 0 Å². The maximum atomic E-state index is 5.67. The standard InChI is InChI=1S/C11H14N4/c1-8-3-4-10(11(5-12)14-8)9-6-13-15(2)7-9/h3-4,6-7H,5,12H2,1-2H3. The van der Waals surface area contributed by atoms with Gasteiger partial charge in [0.1, 0.15) is 0 Å². The SMILES string of the molecule is Cc1ccc(-c2cnn(C)c2)c(CN)n1. The minimum atomic E-state index is 0.450. The summed E-state index contributed by atoms with van der Waals surface area (Å²) in [5, 5.41) is 4.14. The van der Waals surface area contributed by atoms with Gasteiger partial charge in [0.15, 0.2) is 0 Å². The zero-order chi connectivity index (χ0) is 10.8. The lowest BCUT2D eigenvalue weighted by Crippen LogP contribution is -2.03. The first kappa shape index (κ1) is 9.86. The molecule has 4 nitrogen and oxygen atoms in total. The van der Waals surface area contributed by atoms with Crippen molar-refractivity contribution in [3.63, 3.8) is 0 Å². The molecular formula is C11H14N4. The van der Waals surface area contributed by atoms with Crippen molar-refractivity contribution in [2.24, 2.45) is 12.8 Å². The van der Waals surface area contributed by atoms with Crippen LogP contribution in [-0.4, -0.2) is 14.8 Å². The molecule has 0 aliphatic carbocycles. The van der Waals surface area contributed by atoms with Crippen LogP contribution in [0.4, 0.5) is 0 Å². The summed E-state index contributed by atoms with van der Waals surface area (Å²) in [5.74, 6) is 0. The van der Waals surface area contributed by atoms with Crippen molar-refractivity contribution in [1.82, 2.24) is 14.8 Å². The van der Waals surface area contributed by atoms with Crippen LogP contribution in [0.2, 0.25) is 0 Å². The van der Waals surface area contributed by atoms with Crippen molar-refractivity contribution in [2.75, 3.05) is 0 Å². The van der Waals surface area contributed by atoms with E-state index < -0.39 is 0 Å². The van der Waals surface area contributed by atoms with Crippen LogP contribution in [0.1, 0.15) is 11.4 Å². The highest BCUT2D eigenvalue weighted by atomic mass is 15.2. The molecule has 2 heterocycles. The third-order valence-electron chi connectivity index (χ3n) is 2.32. The molecule has 0 bridgehead atoms. The molecule has 0 radical (unpaired) electrons. The van der Waals surface area contributed by atoms with E-state index >= 15 is 0 Å². The first-order chi connectivity index (χ1) is 7.20. The number of hydrogen-bond donors (Lipinski definition) is 1. The Morgan fingerprint density at radius 2 is 2.20 bits per heavy atom. The Labute approximate surface area is 88.8 Å². The van der Waals surface area contributed by atoms with Gasteiger partial charge in [-0.3, -0.25) is 9.67 Å².